The number of anilines is 3. The number of ether oxygens (including phenoxy) is 2. The van der Waals surface area contributed by atoms with Crippen LogP contribution in [0.1, 0.15) is 41.5 Å². The maximum absolute atomic E-state index is 6.22. The lowest BCUT2D eigenvalue weighted by molar-refractivity contribution is 0.103. The van der Waals surface area contributed by atoms with Crippen molar-refractivity contribution in [2.45, 2.75) is 52.7 Å². The number of benzene rings is 2. The minimum Gasteiger partial charge on any atom is -0.471 e. The fourth-order valence-corrected chi connectivity index (χ4v) is 3.87. The van der Waals surface area contributed by atoms with Crippen LogP contribution >= 0.6 is 16.1 Å². The summed E-state index contributed by atoms with van der Waals surface area (Å²) in [5, 5.41) is 0.800. The molecule has 0 fully saturated rings. The van der Waals surface area contributed by atoms with E-state index in [1.165, 1.54) is 0 Å². The first-order valence-corrected chi connectivity index (χ1v) is 11.9. The van der Waals surface area contributed by atoms with Gasteiger partial charge in [0.15, 0.2) is 5.82 Å². The third kappa shape index (κ3) is 5.97. The Hall–Kier alpha value is -3.46. The lowest BCUT2D eigenvalue weighted by atomic mass is 10.1. The van der Waals surface area contributed by atoms with Crippen LogP contribution in [0.5, 0.6) is 11.9 Å². The smallest absolute Gasteiger partial charge is 0.320 e. The fourth-order valence-electron chi connectivity index (χ4n) is 3.37. The minimum absolute atomic E-state index is 0.185. The molecule has 4 aromatic rings. The second-order valence-electron chi connectivity index (χ2n) is 10.1. The SMILES string of the molecule is CC(C)(C)Oc1ncc(-c2ccc3nc(N)nc(N(Br)c4ccccc4)c3c2)c(OC(C)(C)C)n1. The van der Waals surface area contributed by atoms with Gasteiger partial charge in [-0.15, -0.1) is 0 Å². The Kier molecular flexibility index (Phi) is 6.55. The molecule has 0 bridgehead atoms. The van der Waals surface area contributed by atoms with E-state index in [1.54, 1.807) is 10.1 Å². The molecule has 0 aliphatic rings. The zero-order chi connectivity index (χ0) is 25.4. The zero-order valence-corrected chi connectivity index (χ0v) is 22.3. The van der Waals surface area contributed by atoms with Gasteiger partial charge in [0.25, 0.3) is 0 Å². The quantitative estimate of drug-likeness (QED) is 0.289. The van der Waals surface area contributed by atoms with E-state index in [1.807, 2.05) is 90.1 Å². The third-order valence-corrected chi connectivity index (χ3v) is 5.45. The van der Waals surface area contributed by atoms with Gasteiger partial charge in [0.05, 0.1) is 32.9 Å². The van der Waals surface area contributed by atoms with E-state index in [0.717, 1.165) is 22.2 Å². The monoisotopic (exact) mass is 536 g/mol. The Morgan fingerprint density at radius 2 is 1.54 bits per heavy atom. The van der Waals surface area contributed by atoms with Crippen LogP contribution in [0.25, 0.3) is 22.0 Å². The van der Waals surface area contributed by atoms with E-state index >= 15 is 0 Å². The second-order valence-corrected chi connectivity index (χ2v) is 10.8. The molecule has 2 heterocycles. The molecule has 182 valence electrons. The molecule has 9 heteroatoms. The molecule has 8 nitrogen and oxygen atoms in total. The lowest BCUT2D eigenvalue weighted by Crippen LogP contribution is -2.26. The van der Waals surface area contributed by atoms with Crippen molar-refractivity contribution < 1.29 is 9.47 Å². The highest BCUT2D eigenvalue weighted by Gasteiger charge is 2.22. The van der Waals surface area contributed by atoms with Crippen molar-refractivity contribution in [2.75, 3.05) is 9.66 Å². The van der Waals surface area contributed by atoms with E-state index in [2.05, 4.69) is 36.1 Å². The van der Waals surface area contributed by atoms with Gasteiger partial charge in [0.2, 0.25) is 11.8 Å². The first-order valence-electron chi connectivity index (χ1n) is 11.2. The molecular formula is C26H29BrN6O2. The van der Waals surface area contributed by atoms with E-state index < -0.39 is 11.2 Å². The second kappa shape index (κ2) is 9.30. The summed E-state index contributed by atoms with van der Waals surface area (Å²) in [7, 11) is 0. The van der Waals surface area contributed by atoms with Crippen LogP contribution in [0.2, 0.25) is 0 Å². The van der Waals surface area contributed by atoms with E-state index in [-0.39, 0.29) is 12.0 Å². The summed E-state index contributed by atoms with van der Waals surface area (Å²) in [5.41, 5.74) is 8.31. The molecular weight excluding hydrogens is 508 g/mol. The first kappa shape index (κ1) is 24.7. The van der Waals surface area contributed by atoms with Crippen molar-refractivity contribution in [3.63, 3.8) is 0 Å². The van der Waals surface area contributed by atoms with Gasteiger partial charge in [-0.2, -0.15) is 9.97 Å². The van der Waals surface area contributed by atoms with Crippen LogP contribution in [-0.2, 0) is 0 Å². The number of nitrogen functional groups attached to an aromatic ring is 1. The van der Waals surface area contributed by atoms with Crippen LogP contribution in [0, 0.1) is 0 Å². The number of hydrogen-bond acceptors (Lipinski definition) is 8. The highest BCUT2D eigenvalue weighted by Crippen LogP contribution is 2.38. The molecule has 0 saturated heterocycles. The van der Waals surface area contributed by atoms with Crippen LogP contribution in [0.15, 0.2) is 54.7 Å². The predicted octanol–water partition coefficient (Wildman–Crippen LogP) is 6.47. The summed E-state index contributed by atoms with van der Waals surface area (Å²) in [6.07, 6.45) is 1.72. The Morgan fingerprint density at radius 1 is 0.857 bits per heavy atom. The summed E-state index contributed by atoms with van der Waals surface area (Å²) in [6, 6.07) is 15.9. The molecule has 0 unspecified atom stereocenters. The Labute approximate surface area is 213 Å². The van der Waals surface area contributed by atoms with Crippen LogP contribution < -0.4 is 19.1 Å². The molecule has 4 rings (SSSR count). The van der Waals surface area contributed by atoms with Gasteiger partial charge in [0, 0.05) is 11.6 Å². The van der Waals surface area contributed by atoms with Gasteiger partial charge in [-0.1, -0.05) is 24.3 Å². The molecule has 35 heavy (non-hydrogen) atoms. The third-order valence-electron chi connectivity index (χ3n) is 4.70. The lowest BCUT2D eigenvalue weighted by Gasteiger charge is -2.24. The maximum atomic E-state index is 6.22. The molecule has 0 atom stereocenters. The zero-order valence-electron chi connectivity index (χ0n) is 20.7. The largest absolute Gasteiger partial charge is 0.471 e. The Morgan fingerprint density at radius 3 is 2.20 bits per heavy atom. The van der Waals surface area contributed by atoms with E-state index in [0.29, 0.717) is 17.2 Å². The van der Waals surface area contributed by atoms with Crippen LogP contribution in [-0.4, -0.2) is 31.1 Å². The number of halogens is 1. The Bertz CT molecular complexity index is 1350. The van der Waals surface area contributed by atoms with Gasteiger partial charge in [-0.25, -0.2) is 9.97 Å². The summed E-state index contributed by atoms with van der Waals surface area (Å²) < 4.78 is 13.9. The molecule has 0 saturated carbocycles. The normalized spacial score (nSPS) is 12.0. The number of nitrogens with zero attached hydrogens (tertiary/aromatic N) is 5. The summed E-state index contributed by atoms with van der Waals surface area (Å²) in [5.74, 6) is 1.24. The minimum atomic E-state index is -0.471. The molecule has 2 aromatic carbocycles. The van der Waals surface area contributed by atoms with Crippen LogP contribution in [0.4, 0.5) is 17.5 Å². The number of rotatable bonds is 5. The van der Waals surface area contributed by atoms with Gasteiger partial charge in [0.1, 0.15) is 11.2 Å². The number of aromatic nitrogens is 4. The van der Waals surface area contributed by atoms with Gasteiger partial charge < -0.3 is 15.2 Å². The molecule has 0 amide bonds. The molecule has 0 radical (unpaired) electrons. The summed E-state index contributed by atoms with van der Waals surface area (Å²) in [4.78, 5) is 18.0. The maximum Gasteiger partial charge on any atom is 0.320 e. The van der Waals surface area contributed by atoms with Crippen molar-refractivity contribution in [2.24, 2.45) is 0 Å². The molecule has 2 aromatic heterocycles. The molecule has 2 N–H and O–H groups in total. The van der Waals surface area contributed by atoms with Gasteiger partial charge in [-0.05, 0) is 71.4 Å². The highest BCUT2D eigenvalue weighted by molar-refractivity contribution is 9.10. The molecule has 0 aliphatic carbocycles. The number of para-hydroxylation sites is 1. The van der Waals surface area contributed by atoms with E-state index in [4.69, 9.17) is 15.2 Å². The van der Waals surface area contributed by atoms with Crippen molar-refractivity contribution in [1.29, 1.82) is 0 Å². The molecule has 0 spiro atoms. The summed E-state index contributed by atoms with van der Waals surface area (Å²) in [6.45, 7) is 11.8. The fraction of sp³-hybridized carbons (Fsp3) is 0.308. The van der Waals surface area contributed by atoms with Gasteiger partial charge >= 0.3 is 6.01 Å². The van der Waals surface area contributed by atoms with Crippen molar-refractivity contribution in [3.8, 4) is 23.0 Å². The topological polar surface area (TPSA) is 99.3 Å². The standard InChI is InChI=1S/C26H29BrN6O2/c1-25(2,3)34-22-19(15-29-24(32-22)35-26(4,5)6)16-12-13-20-18(14-16)21(31-23(28)30-20)33(27)17-10-8-7-9-11-17/h7-15H,1-6H3,(H2,28,30,31). The van der Waals surface area contributed by atoms with Crippen molar-refractivity contribution in [1.82, 2.24) is 19.9 Å². The number of fused-ring (bicyclic) bond motifs is 1. The van der Waals surface area contributed by atoms with Gasteiger partial charge in [-0.3, -0.25) is 3.93 Å². The Balaban J connectivity index is 1.86. The van der Waals surface area contributed by atoms with Crippen molar-refractivity contribution >= 4 is 44.5 Å². The number of hydrogen-bond donors (Lipinski definition) is 1. The van der Waals surface area contributed by atoms with Crippen molar-refractivity contribution in [3.05, 3.63) is 54.7 Å². The summed E-state index contributed by atoms with van der Waals surface area (Å²) >= 11 is 3.64. The molecule has 0 aliphatic heterocycles. The average molecular weight is 537 g/mol. The van der Waals surface area contributed by atoms with E-state index in [9.17, 15) is 0 Å². The average Bonchev–Trinajstić information content (AvgIpc) is 2.76. The first-order chi connectivity index (χ1) is 16.4. The predicted molar refractivity (Wildman–Crippen MR) is 143 cm³/mol. The van der Waals surface area contributed by atoms with Crippen LogP contribution in [0.3, 0.4) is 0 Å². The number of nitrogens with two attached hydrogens (primary N) is 1. The highest BCUT2D eigenvalue weighted by atomic mass is 79.9.